The fraction of sp³-hybridized carbons (Fsp3) is 0.923. The highest BCUT2D eigenvalue weighted by Crippen LogP contribution is 2.32. The summed E-state index contributed by atoms with van der Waals surface area (Å²) >= 11 is 0. The molecule has 0 amide bonds. The van der Waals surface area contributed by atoms with E-state index in [1.165, 1.54) is 44.9 Å². The number of hydrogen-bond acceptors (Lipinski definition) is 2. The number of esters is 1. The van der Waals surface area contributed by atoms with Gasteiger partial charge in [-0.05, 0) is 19.8 Å². The number of hydrogen-bond donors (Lipinski definition) is 0. The quantitative estimate of drug-likeness (QED) is 0.451. The molecule has 1 aliphatic rings. The number of carbonyl (C=O) groups excluding carboxylic acids is 1. The second kappa shape index (κ2) is 6.14. The van der Waals surface area contributed by atoms with Crippen molar-refractivity contribution in [3.63, 3.8) is 0 Å². The van der Waals surface area contributed by atoms with Crippen LogP contribution in [0.5, 0.6) is 0 Å². The zero-order valence-electron chi connectivity index (χ0n) is 10.2. The third-order valence-corrected chi connectivity index (χ3v) is 3.19. The Kier molecular flexibility index (Phi) is 5.13. The van der Waals surface area contributed by atoms with Crippen LogP contribution in [0, 0.1) is 0 Å². The van der Waals surface area contributed by atoms with Crippen LogP contribution in [0.25, 0.3) is 0 Å². The Bertz CT molecular complexity index is 191. The van der Waals surface area contributed by atoms with Gasteiger partial charge in [0, 0.05) is 0 Å². The van der Waals surface area contributed by atoms with E-state index in [1.807, 2.05) is 6.92 Å². The molecule has 1 heterocycles. The van der Waals surface area contributed by atoms with Gasteiger partial charge in [-0.1, -0.05) is 45.4 Å². The lowest BCUT2D eigenvalue weighted by Crippen LogP contribution is -2.44. The minimum atomic E-state index is -0.111. The summed E-state index contributed by atoms with van der Waals surface area (Å²) in [5.74, 6) is -0.0274. The number of ether oxygens (including phenoxy) is 1. The van der Waals surface area contributed by atoms with Gasteiger partial charge in [-0.25, -0.2) is 0 Å². The summed E-state index contributed by atoms with van der Waals surface area (Å²) in [6, 6.07) is 0. The van der Waals surface area contributed by atoms with Gasteiger partial charge < -0.3 is 4.74 Å². The van der Waals surface area contributed by atoms with Gasteiger partial charge in [-0.2, -0.15) is 0 Å². The van der Waals surface area contributed by atoms with E-state index in [9.17, 15) is 4.79 Å². The average molecular weight is 212 g/mol. The van der Waals surface area contributed by atoms with Crippen molar-refractivity contribution in [1.82, 2.24) is 0 Å². The van der Waals surface area contributed by atoms with Crippen LogP contribution in [0.4, 0.5) is 0 Å². The van der Waals surface area contributed by atoms with Crippen LogP contribution in [-0.4, -0.2) is 11.6 Å². The summed E-state index contributed by atoms with van der Waals surface area (Å²) in [5, 5.41) is 0. The van der Waals surface area contributed by atoms with E-state index in [0.29, 0.717) is 6.42 Å². The monoisotopic (exact) mass is 212 g/mol. The standard InChI is InChI=1S/C13H24O2/c1-3-4-5-6-7-8-9-10-13(2)11-12(14)15-13/h3-11H2,1-2H3. The van der Waals surface area contributed by atoms with Gasteiger partial charge in [0.2, 0.25) is 0 Å². The van der Waals surface area contributed by atoms with E-state index < -0.39 is 0 Å². The van der Waals surface area contributed by atoms with Gasteiger partial charge in [0.1, 0.15) is 5.60 Å². The van der Waals surface area contributed by atoms with Gasteiger partial charge in [0.05, 0.1) is 6.42 Å². The topological polar surface area (TPSA) is 26.3 Å². The highest BCUT2D eigenvalue weighted by molar-refractivity contribution is 5.76. The molecule has 0 aromatic heterocycles. The van der Waals surface area contributed by atoms with Gasteiger partial charge in [-0.3, -0.25) is 4.79 Å². The summed E-state index contributed by atoms with van der Waals surface area (Å²) < 4.78 is 5.13. The molecule has 0 spiro atoms. The van der Waals surface area contributed by atoms with Gasteiger partial charge in [0.15, 0.2) is 0 Å². The smallest absolute Gasteiger partial charge is 0.310 e. The van der Waals surface area contributed by atoms with E-state index in [-0.39, 0.29) is 11.6 Å². The fourth-order valence-corrected chi connectivity index (χ4v) is 2.17. The van der Waals surface area contributed by atoms with Crippen molar-refractivity contribution < 1.29 is 9.53 Å². The second-order valence-corrected chi connectivity index (χ2v) is 4.97. The summed E-state index contributed by atoms with van der Waals surface area (Å²) in [6.45, 7) is 4.29. The first-order chi connectivity index (χ1) is 7.16. The molecule has 0 radical (unpaired) electrons. The van der Waals surface area contributed by atoms with E-state index in [4.69, 9.17) is 4.74 Å². The molecule has 1 aliphatic heterocycles. The predicted molar refractivity (Wildman–Crippen MR) is 61.7 cm³/mol. The zero-order chi connectivity index (χ0) is 11.1. The van der Waals surface area contributed by atoms with Crippen LogP contribution in [0.2, 0.25) is 0 Å². The average Bonchev–Trinajstić information content (AvgIpc) is 2.14. The molecule has 0 aliphatic carbocycles. The first-order valence-corrected chi connectivity index (χ1v) is 6.38. The maximum atomic E-state index is 10.7. The highest BCUT2D eigenvalue weighted by atomic mass is 16.6. The zero-order valence-corrected chi connectivity index (χ0v) is 10.2. The molecule has 1 fully saturated rings. The van der Waals surface area contributed by atoms with Crippen molar-refractivity contribution in [2.45, 2.75) is 77.2 Å². The normalized spacial score (nSPS) is 24.8. The lowest BCUT2D eigenvalue weighted by atomic mass is 9.90. The molecule has 2 nitrogen and oxygen atoms in total. The minimum Gasteiger partial charge on any atom is -0.459 e. The molecule has 88 valence electrons. The summed E-state index contributed by atoms with van der Waals surface area (Å²) in [6.07, 6.45) is 10.9. The molecule has 1 saturated heterocycles. The van der Waals surface area contributed by atoms with E-state index in [2.05, 4.69) is 6.92 Å². The van der Waals surface area contributed by atoms with E-state index in [1.54, 1.807) is 0 Å². The maximum absolute atomic E-state index is 10.7. The number of unbranched alkanes of at least 4 members (excludes halogenated alkanes) is 6. The second-order valence-electron chi connectivity index (χ2n) is 4.97. The molecule has 0 bridgehead atoms. The molecule has 1 atom stereocenters. The van der Waals surface area contributed by atoms with E-state index in [0.717, 1.165) is 6.42 Å². The van der Waals surface area contributed by atoms with Crippen molar-refractivity contribution in [2.24, 2.45) is 0 Å². The number of rotatable bonds is 8. The Morgan fingerprint density at radius 2 is 1.67 bits per heavy atom. The van der Waals surface area contributed by atoms with Crippen LogP contribution in [0.3, 0.4) is 0 Å². The van der Waals surface area contributed by atoms with E-state index >= 15 is 0 Å². The Labute approximate surface area is 93.4 Å². The number of carbonyl (C=O) groups is 1. The van der Waals surface area contributed by atoms with Crippen LogP contribution >= 0.6 is 0 Å². The molecule has 2 heteroatoms. The largest absolute Gasteiger partial charge is 0.459 e. The first-order valence-electron chi connectivity index (χ1n) is 6.38. The Hall–Kier alpha value is -0.530. The van der Waals surface area contributed by atoms with Crippen LogP contribution in [0.15, 0.2) is 0 Å². The third kappa shape index (κ3) is 4.67. The first kappa shape index (κ1) is 12.5. The maximum Gasteiger partial charge on any atom is 0.310 e. The lowest BCUT2D eigenvalue weighted by Gasteiger charge is -2.37. The molecular weight excluding hydrogens is 188 g/mol. The molecule has 0 saturated carbocycles. The van der Waals surface area contributed by atoms with Crippen molar-refractivity contribution >= 4 is 5.97 Å². The van der Waals surface area contributed by atoms with Crippen molar-refractivity contribution in [3.05, 3.63) is 0 Å². The van der Waals surface area contributed by atoms with Crippen LogP contribution < -0.4 is 0 Å². The molecule has 0 aromatic carbocycles. The molecule has 15 heavy (non-hydrogen) atoms. The van der Waals surface area contributed by atoms with Crippen molar-refractivity contribution in [3.8, 4) is 0 Å². The predicted octanol–water partition coefficient (Wildman–Crippen LogP) is 3.83. The molecule has 0 aromatic rings. The Balaban J connectivity index is 1.87. The highest BCUT2D eigenvalue weighted by Gasteiger charge is 2.40. The van der Waals surface area contributed by atoms with Crippen LogP contribution in [-0.2, 0) is 9.53 Å². The minimum absolute atomic E-state index is 0.0274. The summed E-state index contributed by atoms with van der Waals surface area (Å²) in [7, 11) is 0. The SMILES string of the molecule is CCCCCCCCCC1(C)CC(=O)O1. The van der Waals surface area contributed by atoms with Gasteiger partial charge >= 0.3 is 5.97 Å². The molecular formula is C13H24O2. The van der Waals surface area contributed by atoms with Gasteiger partial charge in [0.25, 0.3) is 0 Å². The molecule has 1 rings (SSSR count). The Morgan fingerprint density at radius 3 is 2.20 bits per heavy atom. The fourth-order valence-electron chi connectivity index (χ4n) is 2.17. The molecule has 0 N–H and O–H groups in total. The summed E-state index contributed by atoms with van der Waals surface area (Å²) in [5.41, 5.74) is -0.111. The third-order valence-electron chi connectivity index (χ3n) is 3.19. The van der Waals surface area contributed by atoms with Crippen LogP contribution in [0.1, 0.15) is 71.6 Å². The van der Waals surface area contributed by atoms with Crippen molar-refractivity contribution in [2.75, 3.05) is 0 Å². The summed E-state index contributed by atoms with van der Waals surface area (Å²) in [4.78, 5) is 10.7. The molecule has 1 unspecified atom stereocenters. The Morgan fingerprint density at radius 1 is 1.13 bits per heavy atom. The number of cyclic esters (lactones) is 1. The van der Waals surface area contributed by atoms with Crippen molar-refractivity contribution in [1.29, 1.82) is 0 Å². The van der Waals surface area contributed by atoms with Gasteiger partial charge in [-0.15, -0.1) is 0 Å². The lowest BCUT2D eigenvalue weighted by molar-refractivity contribution is -0.189.